The van der Waals surface area contributed by atoms with E-state index in [9.17, 15) is 4.39 Å². The van der Waals surface area contributed by atoms with Crippen molar-refractivity contribution in [2.45, 2.75) is 19.4 Å². The molecule has 1 aromatic carbocycles. The Bertz CT molecular complexity index is 422. The maximum Gasteiger partial charge on any atom is 0.142 e. The standard InChI is InChI=1S/C14H19ClFNO2/c15-12-2-1-11(7-13(12)16)8-17-9-14(3-5-18)4-6-19-10-14/h1-2,7,17-18H,3-6,8-10H2. The van der Waals surface area contributed by atoms with Gasteiger partial charge in [-0.25, -0.2) is 4.39 Å². The topological polar surface area (TPSA) is 41.5 Å². The molecule has 19 heavy (non-hydrogen) atoms. The zero-order valence-electron chi connectivity index (χ0n) is 10.8. The Morgan fingerprint density at radius 2 is 2.32 bits per heavy atom. The molecule has 0 amide bonds. The molecule has 0 aromatic heterocycles. The van der Waals surface area contributed by atoms with E-state index < -0.39 is 5.82 Å². The molecule has 0 saturated carbocycles. The second kappa shape index (κ2) is 6.66. The SMILES string of the molecule is OCCC1(CNCc2ccc(Cl)c(F)c2)CCOC1. The van der Waals surface area contributed by atoms with Gasteiger partial charge in [-0.15, -0.1) is 0 Å². The maximum atomic E-state index is 13.3. The number of nitrogens with one attached hydrogen (secondary N) is 1. The molecule has 1 unspecified atom stereocenters. The Balaban J connectivity index is 1.86. The van der Waals surface area contributed by atoms with Gasteiger partial charge in [0.05, 0.1) is 11.6 Å². The van der Waals surface area contributed by atoms with Crippen molar-refractivity contribution in [2.24, 2.45) is 5.41 Å². The fourth-order valence-corrected chi connectivity index (χ4v) is 2.55. The highest BCUT2D eigenvalue weighted by Crippen LogP contribution is 2.31. The first kappa shape index (κ1) is 14.7. The smallest absolute Gasteiger partial charge is 0.142 e. The highest BCUT2D eigenvalue weighted by molar-refractivity contribution is 6.30. The van der Waals surface area contributed by atoms with Crippen LogP contribution in [0.4, 0.5) is 4.39 Å². The number of rotatable bonds is 6. The Morgan fingerprint density at radius 1 is 1.47 bits per heavy atom. The first-order chi connectivity index (χ1) is 9.15. The van der Waals surface area contributed by atoms with Gasteiger partial charge in [-0.2, -0.15) is 0 Å². The van der Waals surface area contributed by atoms with E-state index in [0.29, 0.717) is 13.2 Å². The van der Waals surface area contributed by atoms with Crippen LogP contribution in [0.5, 0.6) is 0 Å². The van der Waals surface area contributed by atoms with Gasteiger partial charge < -0.3 is 15.2 Å². The number of ether oxygens (including phenoxy) is 1. The number of hydrogen-bond donors (Lipinski definition) is 2. The van der Waals surface area contributed by atoms with Gasteiger partial charge in [0, 0.05) is 31.7 Å². The lowest BCUT2D eigenvalue weighted by Gasteiger charge is -2.26. The predicted octanol–water partition coefficient (Wildman–Crippen LogP) is 2.36. The maximum absolute atomic E-state index is 13.3. The minimum Gasteiger partial charge on any atom is -0.396 e. The molecule has 1 saturated heterocycles. The summed E-state index contributed by atoms with van der Waals surface area (Å²) in [5, 5.41) is 12.6. The van der Waals surface area contributed by atoms with Crippen LogP contribution in [0.3, 0.4) is 0 Å². The summed E-state index contributed by atoms with van der Waals surface area (Å²) >= 11 is 5.64. The zero-order chi connectivity index (χ0) is 13.7. The minimum atomic E-state index is -0.393. The van der Waals surface area contributed by atoms with Gasteiger partial charge in [0.1, 0.15) is 5.82 Å². The molecule has 2 N–H and O–H groups in total. The molecule has 3 nitrogen and oxygen atoms in total. The van der Waals surface area contributed by atoms with Crippen molar-refractivity contribution >= 4 is 11.6 Å². The van der Waals surface area contributed by atoms with Crippen molar-refractivity contribution in [3.8, 4) is 0 Å². The third-order valence-corrected chi connectivity index (χ3v) is 3.95. The summed E-state index contributed by atoms with van der Waals surface area (Å²) in [5.74, 6) is -0.393. The monoisotopic (exact) mass is 287 g/mol. The molecule has 0 bridgehead atoms. The first-order valence-corrected chi connectivity index (χ1v) is 6.86. The van der Waals surface area contributed by atoms with Crippen LogP contribution in [0, 0.1) is 11.2 Å². The van der Waals surface area contributed by atoms with Crippen molar-refractivity contribution in [1.82, 2.24) is 5.32 Å². The quantitative estimate of drug-likeness (QED) is 0.844. The van der Waals surface area contributed by atoms with Crippen LogP contribution in [0.25, 0.3) is 0 Å². The molecule has 0 radical (unpaired) electrons. The molecule has 1 aromatic rings. The molecular weight excluding hydrogens is 269 g/mol. The molecule has 1 aliphatic rings. The number of aliphatic hydroxyl groups is 1. The Morgan fingerprint density at radius 3 is 2.95 bits per heavy atom. The molecule has 1 aliphatic heterocycles. The molecule has 1 heterocycles. The average Bonchev–Trinajstić information content (AvgIpc) is 2.83. The summed E-state index contributed by atoms with van der Waals surface area (Å²) in [5.41, 5.74) is 0.875. The van der Waals surface area contributed by atoms with Crippen LogP contribution >= 0.6 is 11.6 Å². The molecule has 2 rings (SSSR count). The molecule has 1 fully saturated rings. The van der Waals surface area contributed by atoms with Crippen molar-refractivity contribution < 1.29 is 14.2 Å². The third kappa shape index (κ3) is 3.89. The molecular formula is C14H19ClFNO2. The molecule has 0 aliphatic carbocycles. The normalized spacial score (nSPS) is 22.9. The number of aliphatic hydroxyl groups excluding tert-OH is 1. The number of benzene rings is 1. The highest BCUT2D eigenvalue weighted by atomic mass is 35.5. The summed E-state index contributed by atoms with van der Waals surface area (Å²) in [6.07, 6.45) is 1.69. The first-order valence-electron chi connectivity index (χ1n) is 6.48. The summed E-state index contributed by atoms with van der Waals surface area (Å²) in [6, 6.07) is 4.82. The van der Waals surface area contributed by atoms with Gasteiger partial charge in [-0.3, -0.25) is 0 Å². The van der Waals surface area contributed by atoms with E-state index in [1.165, 1.54) is 6.07 Å². The van der Waals surface area contributed by atoms with E-state index in [0.717, 1.165) is 31.6 Å². The summed E-state index contributed by atoms with van der Waals surface area (Å²) in [6.45, 7) is 2.94. The second-order valence-electron chi connectivity index (χ2n) is 5.13. The predicted molar refractivity (Wildman–Crippen MR) is 72.7 cm³/mol. The minimum absolute atomic E-state index is 0.0136. The van der Waals surface area contributed by atoms with Gasteiger partial charge in [-0.1, -0.05) is 17.7 Å². The number of hydrogen-bond acceptors (Lipinski definition) is 3. The average molecular weight is 288 g/mol. The lowest BCUT2D eigenvalue weighted by Crippen LogP contribution is -2.35. The van der Waals surface area contributed by atoms with E-state index in [-0.39, 0.29) is 17.0 Å². The van der Waals surface area contributed by atoms with E-state index in [1.54, 1.807) is 6.07 Å². The van der Waals surface area contributed by atoms with Crippen molar-refractivity contribution in [1.29, 1.82) is 0 Å². The fraction of sp³-hybridized carbons (Fsp3) is 0.571. The van der Waals surface area contributed by atoms with Gasteiger partial charge in [0.2, 0.25) is 0 Å². The van der Waals surface area contributed by atoms with Crippen LogP contribution in [0.15, 0.2) is 18.2 Å². The summed E-state index contributed by atoms with van der Waals surface area (Å²) in [7, 11) is 0. The van der Waals surface area contributed by atoms with Crippen LogP contribution in [-0.2, 0) is 11.3 Å². The fourth-order valence-electron chi connectivity index (χ4n) is 2.43. The van der Waals surface area contributed by atoms with Gasteiger partial charge in [0.25, 0.3) is 0 Å². The van der Waals surface area contributed by atoms with Crippen LogP contribution in [0.1, 0.15) is 18.4 Å². The van der Waals surface area contributed by atoms with Gasteiger partial charge in [0.15, 0.2) is 0 Å². The van der Waals surface area contributed by atoms with Crippen LogP contribution in [-0.4, -0.2) is 31.5 Å². The number of halogens is 2. The van der Waals surface area contributed by atoms with Crippen molar-refractivity contribution in [3.05, 3.63) is 34.6 Å². The second-order valence-corrected chi connectivity index (χ2v) is 5.54. The largest absolute Gasteiger partial charge is 0.396 e. The van der Waals surface area contributed by atoms with E-state index in [2.05, 4.69) is 5.32 Å². The summed E-state index contributed by atoms with van der Waals surface area (Å²) in [4.78, 5) is 0. The molecule has 1 atom stereocenters. The third-order valence-electron chi connectivity index (χ3n) is 3.64. The lowest BCUT2D eigenvalue weighted by atomic mass is 9.84. The molecule has 106 valence electrons. The molecule has 5 heteroatoms. The molecule has 0 spiro atoms. The van der Waals surface area contributed by atoms with Gasteiger partial charge >= 0.3 is 0 Å². The van der Waals surface area contributed by atoms with Crippen LogP contribution < -0.4 is 5.32 Å². The van der Waals surface area contributed by atoms with Crippen LogP contribution in [0.2, 0.25) is 5.02 Å². The summed E-state index contributed by atoms with van der Waals surface area (Å²) < 4.78 is 18.7. The van der Waals surface area contributed by atoms with Crippen molar-refractivity contribution in [2.75, 3.05) is 26.4 Å². The Labute approximate surface area is 117 Å². The van der Waals surface area contributed by atoms with Crippen molar-refractivity contribution in [3.63, 3.8) is 0 Å². The zero-order valence-corrected chi connectivity index (χ0v) is 11.5. The Hall–Kier alpha value is -0.680. The van der Waals surface area contributed by atoms with E-state index in [4.69, 9.17) is 21.4 Å². The lowest BCUT2D eigenvalue weighted by molar-refractivity contribution is 0.124. The van der Waals surface area contributed by atoms with E-state index >= 15 is 0 Å². The van der Waals surface area contributed by atoms with Gasteiger partial charge in [-0.05, 0) is 30.5 Å². The van der Waals surface area contributed by atoms with E-state index in [1.807, 2.05) is 6.07 Å². The Kier molecular flexibility index (Phi) is 5.16. The highest BCUT2D eigenvalue weighted by Gasteiger charge is 2.33.